The van der Waals surface area contributed by atoms with E-state index in [1.165, 1.54) is 21.5 Å². The van der Waals surface area contributed by atoms with Crippen molar-refractivity contribution in [2.45, 2.75) is 0 Å². The van der Waals surface area contributed by atoms with E-state index in [2.05, 4.69) is 299 Å². The first-order chi connectivity index (χ1) is 32.7. The highest BCUT2D eigenvalue weighted by atomic mass is 15.2. The maximum atomic E-state index is 2.35. The quantitative estimate of drug-likeness (QED) is 0.121. The van der Waals surface area contributed by atoms with Gasteiger partial charge in [0.2, 0.25) is 0 Å². The van der Waals surface area contributed by atoms with Gasteiger partial charge >= 0.3 is 0 Å². The van der Waals surface area contributed by atoms with Gasteiger partial charge in [-0.05, 0) is 167 Å². The van der Waals surface area contributed by atoms with Gasteiger partial charge in [-0.3, -0.25) is 0 Å². The van der Waals surface area contributed by atoms with Crippen molar-refractivity contribution >= 4 is 89.8 Å². The molecule has 0 spiro atoms. The third-order valence-corrected chi connectivity index (χ3v) is 12.1. The number of rotatable bonds is 12. The third-order valence-electron chi connectivity index (χ3n) is 12.1. The van der Waals surface area contributed by atoms with Crippen molar-refractivity contribution in [1.29, 1.82) is 0 Å². The van der Waals surface area contributed by atoms with Crippen LogP contribution in [0.4, 0.5) is 68.2 Å². The first-order valence-electron chi connectivity index (χ1n) is 22.4. The van der Waals surface area contributed by atoms with Crippen LogP contribution in [-0.4, -0.2) is 0 Å². The Morgan fingerprint density at radius 1 is 0.136 bits per heavy atom. The monoisotopic (exact) mass is 846 g/mol. The van der Waals surface area contributed by atoms with Crippen molar-refractivity contribution in [3.63, 3.8) is 0 Å². The van der Waals surface area contributed by atoms with Gasteiger partial charge in [0.15, 0.2) is 0 Å². The molecule has 4 nitrogen and oxygen atoms in total. The van der Waals surface area contributed by atoms with Crippen molar-refractivity contribution in [2.75, 3.05) is 19.6 Å². The molecule has 0 aliphatic heterocycles. The van der Waals surface area contributed by atoms with Crippen molar-refractivity contribution in [2.24, 2.45) is 0 Å². The molecule has 0 aliphatic carbocycles. The SMILES string of the molecule is c1ccc(N(c2ccccc2)c2ccc(N(c3ccc(N(c4ccccc4)c4ccc5ccccc5c4)cc3)c3ccc(N(c4ccccc4)c4ccc5ccccc5c4)cc3)cc2)cc1. The molecule has 0 aliphatic rings. The zero-order chi connectivity index (χ0) is 44.1. The minimum atomic E-state index is 1.04. The molecule has 0 saturated carbocycles. The number of fused-ring (bicyclic) bond motifs is 2. The molecule has 0 aromatic heterocycles. The molecule has 66 heavy (non-hydrogen) atoms. The summed E-state index contributed by atoms with van der Waals surface area (Å²) in [5, 5.41) is 4.85. The molecule has 11 rings (SSSR count). The predicted octanol–water partition coefficient (Wildman–Crippen LogP) is 17.9. The lowest BCUT2D eigenvalue weighted by molar-refractivity contribution is 1.24. The van der Waals surface area contributed by atoms with Gasteiger partial charge in [-0.2, -0.15) is 0 Å². The molecule has 0 N–H and O–H groups in total. The minimum Gasteiger partial charge on any atom is -0.311 e. The normalized spacial score (nSPS) is 11.0. The van der Waals surface area contributed by atoms with Crippen molar-refractivity contribution in [3.8, 4) is 0 Å². The van der Waals surface area contributed by atoms with Crippen LogP contribution in [0, 0.1) is 0 Å². The van der Waals surface area contributed by atoms with Gasteiger partial charge in [-0.1, -0.05) is 133 Å². The van der Waals surface area contributed by atoms with Gasteiger partial charge in [0.25, 0.3) is 0 Å². The third kappa shape index (κ3) is 8.11. The fourth-order valence-corrected chi connectivity index (χ4v) is 8.98. The summed E-state index contributed by atoms with van der Waals surface area (Å²) in [5.74, 6) is 0. The summed E-state index contributed by atoms with van der Waals surface area (Å²) in [6, 6.07) is 99.6. The van der Waals surface area contributed by atoms with Gasteiger partial charge in [0.05, 0.1) is 0 Å². The van der Waals surface area contributed by atoms with E-state index < -0.39 is 0 Å². The van der Waals surface area contributed by atoms with Gasteiger partial charge in [-0.15, -0.1) is 0 Å². The largest absolute Gasteiger partial charge is 0.311 e. The second-order valence-corrected chi connectivity index (χ2v) is 16.3. The lowest BCUT2D eigenvalue weighted by Crippen LogP contribution is -2.13. The zero-order valence-electron chi connectivity index (χ0n) is 36.3. The standard InChI is InChI=1S/C62H46N4/c1-5-21-51(22-6-1)63(52-23-7-2-8-24-52)55-33-35-56(36-34-55)64(57-37-41-59(42-38-57)65(53-25-9-3-10-26-53)61-31-29-47-17-13-15-19-49(47)45-61)58-39-43-60(44-40-58)66(54-27-11-4-12-28-54)62-32-30-48-18-14-16-20-50(48)46-62/h1-46H. The first kappa shape index (κ1) is 40.0. The molecule has 0 fully saturated rings. The lowest BCUT2D eigenvalue weighted by atomic mass is 10.1. The Kier molecular flexibility index (Phi) is 10.9. The first-order valence-corrected chi connectivity index (χ1v) is 22.4. The maximum Gasteiger partial charge on any atom is 0.0468 e. The van der Waals surface area contributed by atoms with Crippen LogP contribution in [-0.2, 0) is 0 Å². The summed E-state index contributed by atoms with van der Waals surface area (Å²) in [7, 11) is 0. The average Bonchev–Trinajstić information content (AvgIpc) is 3.39. The van der Waals surface area contributed by atoms with Crippen LogP contribution in [0.15, 0.2) is 279 Å². The Hall–Kier alpha value is -8.86. The van der Waals surface area contributed by atoms with E-state index in [1.807, 2.05) is 0 Å². The zero-order valence-corrected chi connectivity index (χ0v) is 36.3. The van der Waals surface area contributed by atoms with Gasteiger partial charge in [-0.25, -0.2) is 0 Å². The fourth-order valence-electron chi connectivity index (χ4n) is 8.98. The maximum absolute atomic E-state index is 2.35. The molecule has 0 bridgehead atoms. The topological polar surface area (TPSA) is 13.0 Å². The molecule has 0 unspecified atom stereocenters. The molecule has 4 heteroatoms. The highest BCUT2D eigenvalue weighted by molar-refractivity contribution is 5.92. The van der Waals surface area contributed by atoms with Crippen LogP contribution < -0.4 is 19.6 Å². The smallest absolute Gasteiger partial charge is 0.0468 e. The van der Waals surface area contributed by atoms with Crippen LogP contribution in [0.1, 0.15) is 0 Å². The summed E-state index contributed by atoms with van der Waals surface area (Å²) >= 11 is 0. The summed E-state index contributed by atoms with van der Waals surface area (Å²) in [6.45, 7) is 0. The number of para-hydroxylation sites is 4. The Bertz CT molecular complexity index is 3140. The second kappa shape index (κ2) is 18.1. The van der Waals surface area contributed by atoms with Crippen LogP contribution in [0.2, 0.25) is 0 Å². The van der Waals surface area contributed by atoms with Crippen LogP contribution in [0.25, 0.3) is 21.5 Å². The van der Waals surface area contributed by atoms with E-state index in [1.54, 1.807) is 0 Å². The van der Waals surface area contributed by atoms with E-state index in [0.717, 1.165) is 68.2 Å². The Labute approximate surface area is 386 Å². The molecule has 11 aromatic rings. The summed E-state index contributed by atoms with van der Waals surface area (Å²) in [5.41, 5.74) is 12.9. The van der Waals surface area contributed by atoms with Gasteiger partial charge in [0.1, 0.15) is 0 Å². The molecule has 11 aromatic carbocycles. The van der Waals surface area contributed by atoms with Crippen LogP contribution >= 0.6 is 0 Å². The number of hydrogen-bond donors (Lipinski definition) is 0. The molecule has 0 amide bonds. The molecule has 0 heterocycles. The Morgan fingerprint density at radius 2 is 0.318 bits per heavy atom. The average molecular weight is 847 g/mol. The minimum absolute atomic E-state index is 1.04. The summed E-state index contributed by atoms with van der Waals surface area (Å²) in [6.07, 6.45) is 0. The summed E-state index contributed by atoms with van der Waals surface area (Å²) in [4.78, 5) is 9.31. The molecule has 0 radical (unpaired) electrons. The van der Waals surface area contributed by atoms with E-state index in [4.69, 9.17) is 0 Å². The fraction of sp³-hybridized carbons (Fsp3) is 0. The molecular weight excluding hydrogens is 801 g/mol. The van der Waals surface area contributed by atoms with Crippen molar-refractivity contribution in [1.82, 2.24) is 0 Å². The van der Waals surface area contributed by atoms with Crippen LogP contribution in [0.3, 0.4) is 0 Å². The number of benzene rings is 11. The van der Waals surface area contributed by atoms with E-state index in [-0.39, 0.29) is 0 Å². The van der Waals surface area contributed by atoms with Crippen molar-refractivity contribution < 1.29 is 0 Å². The lowest BCUT2D eigenvalue weighted by Gasteiger charge is -2.30. The molecule has 314 valence electrons. The Balaban J connectivity index is 1.01. The number of hydrogen-bond acceptors (Lipinski definition) is 4. The number of anilines is 12. The highest BCUT2D eigenvalue weighted by Crippen LogP contribution is 2.43. The Morgan fingerprint density at radius 3 is 0.576 bits per heavy atom. The van der Waals surface area contributed by atoms with Gasteiger partial charge in [0, 0.05) is 68.2 Å². The predicted molar refractivity (Wildman–Crippen MR) is 280 cm³/mol. The number of nitrogens with zero attached hydrogens (tertiary/aromatic N) is 4. The van der Waals surface area contributed by atoms with Gasteiger partial charge < -0.3 is 19.6 Å². The highest BCUT2D eigenvalue weighted by Gasteiger charge is 2.20. The van der Waals surface area contributed by atoms with Crippen LogP contribution in [0.5, 0.6) is 0 Å². The van der Waals surface area contributed by atoms with Crippen molar-refractivity contribution in [3.05, 3.63) is 279 Å². The summed E-state index contributed by atoms with van der Waals surface area (Å²) < 4.78 is 0. The van der Waals surface area contributed by atoms with E-state index in [9.17, 15) is 0 Å². The molecule has 0 atom stereocenters. The second-order valence-electron chi connectivity index (χ2n) is 16.3. The molecule has 0 saturated heterocycles. The van der Waals surface area contributed by atoms with E-state index >= 15 is 0 Å². The molecular formula is C62H46N4. The van der Waals surface area contributed by atoms with E-state index in [0.29, 0.717) is 0 Å².